The maximum absolute atomic E-state index is 12.7. The number of hydrogen-bond donors (Lipinski definition) is 1. The molecule has 3 aliphatic rings. The number of anilines is 2. The number of amides is 6. The molecule has 0 fully saturated rings. The highest BCUT2D eigenvalue weighted by molar-refractivity contribution is 9.09. The lowest BCUT2D eigenvalue weighted by Crippen LogP contribution is -2.33. The summed E-state index contributed by atoms with van der Waals surface area (Å²) in [6.45, 7) is 11.1. The first-order valence-electron chi connectivity index (χ1n) is 21.9. The molecule has 12 heteroatoms. The number of rotatable bonds is 15. The van der Waals surface area contributed by atoms with Crippen LogP contribution in [0.5, 0.6) is 0 Å². The van der Waals surface area contributed by atoms with Crippen LogP contribution < -0.4 is 10.6 Å². The van der Waals surface area contributed by atoms with E-state index in [9.17, 15) is 28.8 Å². The third-order valence-corrected chi connectivity index (χ3v) is 11.9. The number of nitrogens with zero attached hydrogens (tertiary/aromatic N) is 4. The van der Waals surface area contributed by atoms with Gasteiger partial charge < -0.3 is 10.6 Å². The molecule has 0 saturated heterocycles. The number of carbonyl (C=O) groups excluding carboxylic acids is 6. The fourth-order valence-electron chi connectivity index (χ4n) is 8.35. The normalized spacial score (nSPS) is 13.7. The quantitative estimate of drug-likeness (QED) is 0.0474. The van der Waals surface area contributed by atoms with Crippen molar-refractivity contribution >= 4 is 62.7 Å². The van der Waals surface area contributed by atoms with Gasteiger partial charge >= 0.3 is 0 Å². The number of aryl methyl sites for hydroxylation is 4. The largest absolute Gasteiger partial charge is 0.399 e. The van der Waals surface area contributed by atoms with Gasteiger partial charge in [-0.05, 0) is 149 Å². The molecule has 0 spiro atoms. The Bertz CT molecular complexity index is 2300. The van der Waals surface area contributed by atoms with Gasteiger partial charge in [-0.1, -0.05) is 64.5 Å². The van der Waals surface area contributed by atoms with Crippen molar-refractivity contribution < 1.29 is 28.8 Å². The topological polar surface area (TPSA) is 141 Å². The van der Waals surface area contributed by atoms with Gasteiger partial charge in [-0.15, -0.1) is 0 Å². The number of hydrogen-bond acceptors (Lipinski definition) is 8. The summed E-state index contributed by atoms with van der Waals surface area (Å²) >= 11 is 3.33. The molecule has 0 aromatic heterocycles. The lowest BCUT2D eigenvalue weighted by Gasteiger charge is -2.26. The summed E-state index contributed by atoms with van der Waals surface area (Å²) in [5.74, 6) is -1.17. The predicted molar refractivity (Wildman–Crippen MR) is 255 cm³/mol. The molecule has 3 heterocycles. The first-order valence-corrected chi connectivity index (χ1v) is 23.0. The van der Waals surface area contributed by atoms with E-state index in [-0.39, 0.29) is 35.4 Å². The minimum atomic E-state index is -0.213. The standard InChI is InChI=1S/C32H33N3O4.C12H12BrNO2.C8H11N/c1-22-19-23(2)21-24(20-22)33(15-7-9-17-34-29(36)25-11-3-4-12-26(25)30(34)37)16-8-10-18-35-31(38)27-13-5-6-14-28(27)32(35)39;13-7-3-4-8-14-11(15)9-5-1-2-6-10(9)12(14)16;1-6-3-7(2)5-8(9)4-6/h3-6,11-14,19-21H,7-10,15-18H2,1-2H3;1-2,5-6H,3-4,7-8H2;3-5H,9H2,1-2H3. The molecule has 5 aromatic rings. The Hall–Kier alpha value is -6.40. The molecule has 11 nitrogen and oxygen atoms in total. The lowest BCUT2D eigenvalue weighted by atomic mass is 10.1. The van der Waals surface area contributed by atoms with Crippen molar-refractivity contribution in [2.75, 3.05) is 48.7 Å². The molecule has 0 bridgehead atoms. The Labute approximate surface area is 384 Å². The molecule has 5 aromatic carbocycles. The number of nitrogen functional groups attached to an aromatic ring is 1. The Morgan fingerprint density at radius 2 is 0.703 bits per heavy atom. The second kappa shape index (κ2) is 21.8. The zero-order valence-corrected chi connectivity index (χ0v) is 38.7. The predicted octanol–water partition coefficient (Wildman–Crippen LogP) is 9.61. The average molecular weight is 927 g/mol. The van der Waals surface area contributed by atoms with Crippen molar-refractivity contribution in [2.45, 2.75) is 66.2 Å². The van der Waals surface area contributed by atoms with Crippen LogP contribution in [0.4, 0.5) is 11.4 Å². The Kier molecular flexibility index (Phi) is 16.0. The molecule has 332 valence electrons. The molecular formula is C52H56BrN5O6. The minimum Gasteiger partial charge on any atom is -0.399 e. The summed E-state index contributed by atoms with van der Waals surface area (Å²) < 4.78 is 0. The van der Waals surface area contributed by atoms with E-state index in [2.05, 4.69) is 58.9 Å². The molecule has 0 saturated carbocycles. The number of halogens is 1. The molecule has 64 heavy (non-hydrogen) atoms. The van der Waals surface area contributed by atoms with E-state index in [0.717, 1.165) is 55.5 Å². The highest BCUT2D eigenvalue weighted by Gasteiger charge is 2.36. The Morgan fingerprint density at radius 1 is 0.422 bits per heavy atom. The van der Waals surface area contributed by atoms with E-state index in [1.54, 1.807) is 72.8 Å². The van der Waals surface area contributed by atoms with E-state index >= 15 is 0 Å². The summed E-state index contributed by atoms with van der Waals surface area (Å²) in [5, 5.41) is 0.899. The average Bonchev–Trinajstić information content (AvgIpc) is 3.77. The van der Waals surface area contributed by atoms with Crippen LogP contribution in [0.2, 0.25) is 0 Å². The van der Waals surface area contributed by atoms with Crippen molar-refractivity contribution in [1.82, 2.24) is 14.7 Å². The van der Waals surface area contributed by atoms with Crippen LogP contribution in [0.3, 0.4) is 0 Å². The number of fused-ring (bicyclic) bond motifs is 3. The highest BCUT2D eigenvalue weighted by Crippen LogP contribution is 2.26. The van der Waals surface area contributed by atoms with Gasteiger partial charge in [-0.25, -0.2) is 0 Å². The fraction of sp³-hybridized carbons (Fsp3) is 0.308. The van der Waals surface area contributed by atoms with Gasteiger partial charge in [0, 0.05) is 49.4 Å². The number of alkyl halides is 1. The van der Waals surface area contributed by atoms with Crippen LogP contribution in [0, 0.1) is 27.7 Å². The van der Waals surface area contributed by atoms with Crippen molar-refractivity contribution in [1.29, 1.82) is 0 Å². The monoisotopic (exact) mass is 925 g/mol. The second-order valence-electron chi connectivity index (χ2n) is 16.5. The molecular weight excluding hydrogens is 871 g/mol. The van der Waals surface area contributed by atoms with E-state index in [1.165, 1.54) is 37.0 Å². The number of nitrogens with two attached hydrogens (primary N) is 1. The number of imide groups is 3. The maximum atomic E-state index is 12.7. The SMILES string of the molecule is Cc1cc(C)cc(N(CCCCN2C(=O)c3ccccc3C2=O)CCCCN2C(=O)c3ccccc3C2=O)c1.Cc1cc(C)cc(N)c1.O=C1c2ccccc2C(=O)N1CCCCBr. The van der Waals surface area contributed by atoms with Gasteiger partial charge in [-0.3, -0.25) is 43.5 Å². The third kappa shape index (κ3) is 11.2. The molecule has 6 amide bonds. The fourth-order valence-corrected chi connectivity index (χ4v) is 8.75. The molecule has 0 radical (unpaired) electrons. The van der Waals surface area contributed by atoms with Gasteiger partial charge in [0.1, 0.15) is 0 Å². The number of carbonyl (C=O) groups is 6. The Morgan fingerprint density at radius 3 is 0.984 bits per heavy atom. The van der Waals surface area contributed by atoms with E-state index in [4.69, 9.17) is 5.73 Å². The highest BCUT2D eigenvalue weighted by atomic mass is 79.9. The Balaban J connectivity index is 0.000000221. The summed E-state index contributed by atoms with van der Waals surface area (Å²) in [6, 6.07) is 33.5. The van der Waals surface area contributed by atoms with Crippen LogP contribution in [-0.2, 0) is 0 Å². The minimum absolute atomic E-state index is 0.157. The molecule has 0 unspecified atom stereocenters. The lowest BCUT2D eigenvalue weighted by molar-refractivity contribution is 0.0636. The summed E-state index contributed by atoms with van der Waals surface area (Å²) in [7, 11) is 0. The van der Waals surface area contributed by atoms with Gasteiger partial charge in [0.2, 0.25) is 0 Å². The van der Waals surface area contributed by atoms with Crippen molar-refractivity contribution in [3.05, 3.63) is 165 Å². The second-order valence-corrected chi connectivity index (χ2v) is 17.3. The summed E-state index contributed by atoms with van der Waals surface area (Å²) in [6.07, 6.45) is 4.87. The van der Waals surface area contributed by atoms with Crippen LogP contribution in [0.1, 0.15) is 123 Å². The van der Waals surface area contributed by atoms with E-state index in [0.29, 0.717) is 65.9 Å². The van der Waals surface area contributed by atoms with Gasteiger partial charge in [0.15, 0.2) is 0 Å². The van der Waals surface area contributed by atoms with Crippen LogP contribution in [0.15, 0.2) is 109 Å². The maximum Gasteiger partial charge on any atom is 0.261 e. The molecule has 0 atom stereocenters. The van der Waals surface area contributed by atoms with Crippen molar-refractivity contribution in [3.63, 3.8) is 0 Å². The van der Waals surface area contributed by atoms with E-state index in [1.807, 2.05) is 26.0 Å². The number of benzene rings is 5. The van der Waals surface area contributed by atoms with Crippen LogP contribution in [-0.4, -0.2) is 88.2 Å². The van der Waals surface area contributed by atoms with Crippen molar-refractivity contribution in [2.24, 2.45) is 0 Å². The third-order valence-electron chi connectivity index (χ3n) is 11.3. The van der Waals surface area contributed by atoms with Crippen molar-refractivity contribution in [3.8, 4) is 0 Å². The number of unbranched alkanes of at least 4 members (excludes halogenated alkanes) is 3. The van der Waals surface area contributed by atoms with Crippen LogP contribution in [0.25, 0.3) is 0 Å². The molecule has 0 aliphatic carbocycles. The smallest absolute Gasteiger partial charge is 0.261 e. The van der Waals surface area contributed by atoms with Gasteiger partial charge in [0.25, 0.3) is 35.4 Å². The molecule has 3 aliphatic heterocycles. The zero-order valence-electron chi connectivity index (χ0n) is 37.1. The first-order chi connectivity index (χ1) is 30.8. The van der Waals surface area contributed by atoms with E-state index < -0.39 is 0 Å². The van der Waals surface area contributed by atoms with Gasteiger partial charge in [-0.2, -0.15) is 0 Å². The molecule has 2 N–H and O–H groups in total. The zero-order chi connectivity index (χ0) is 45.9. The summed E-state index contributed by atoms with van der Waals surface area (Å²) in [4.78, 5) is 80.9. The molecule has 8 rings (SSSR count). The summed E-state index contributed by atoms with van der Waals surface area (Å²) in [5.41, 5.74) is 15.4. The first kappa shape index (κ1) is 47.1. The van der Waals surface area contributed by atoms with Crippen LogP contribution >= 0.6 is 15.9 Å². The van der Waals surface area contributed by atoms with Gasteiger partial charge in [0.05, 0.1) is 33.4 Å².